The first-order valence-corrected chi connectivity index (χ1v) is 13.1. The lowest BCUT2D eigenvalue weighted by atomic mass is 9.58. The highest BCUT2D eigenvalue weighted by Gasteiger charge is 2.47. The minimum atomic E-state index is -0.439. The molecule has 1 aromatic carbocycles. The zero-order valence-corrected chi connectivity index (χ0v) is 21.9. The van der Waals surface area contributed by atoms with Gasteiger partial charge in [-0.3, -0.25) is 0 Å². The van der Waals surface area contributed by atoms with Crippen LogP contribution in [0.25, 0.3) is 0 Å². The Bertz CT molecular complexity index is 1410. The summed E-state index contributed by atoms with van der Waals surface area (Å²) in [5, 5.41) is 0. The van der Waals surface area contributed by atoms with Crippen LogP contribution in [0.1, 0.15) is 25.3 Å². The zero-order valence-electron chi connectivity index (χ0n) is 21.9. The molecule has 1 unspecified atom stereocenters. The molecule has 0 saturated carbocycles. The molecule has 1 aromatic rings. The first-order valence-electron chi connectivity index (χ1n) is 13.1. The third-order valence-electron chi connectivity index (χ3n) is 7.81. The van der Waals surface area contributed by atoms with Crippen LogP contribution in [0.4, 0.5) is 5.69 Å². The van der Waals surface area contributed by atoms with Crippen LogP contribution in [0.3, 0.4) is 0 Å². The monoisotopic (exact) mass is 481 g/mol. The summed E-state index contributed by atoms with van der Waals surface area (Å²) in [5.74, 6) is 0.151. The van der Waals surface area contributed by atoms with Gasteiger partial charge in [0, 0.05) is 24.0 Å². The molecule has 184 valence electrons. The van der Waals surface area contributed by atoms with E-state index in [0.717, 1.165) is 29.7 Å². The number of fused-ring (bicyclic) bond motifs is 1. The van der Waals surface area contributed by atoms with E-state index in [1.165, 1.54) is 27.9 Å². The minimum Gasteiger partial charge on any atom is -0.324 e. The maximum Gasteiger partial charge on any atom is 0.0526 e. The average molecular weight is 482 g/mol. The van der Waals surface area contributed by atoms with Crippen molar-refractivity contribution >= 4 is 5.69 Å². The summed E-state index contributed by atoms with van der Waals surface area (Å²) in [5.41, 5.74) is 9.20. The fourth-order valence-corrected chi connectivity index (χ4v) is 5.83. The van der Waals surface area contributed by atoms with Gasteiger partial charge in [0.05, 0.1) is 5.41 Å². The van der Waals surface area contributed by atoms with Crippen LogP contribution < -0.4 is 4.90 Å². The van der Waals surface area contributed by atoms with Crippen molar-refractivity contribution in [1.82, 2.24) is 0 Å². The Kier molecular flexibility index (Phi) is 6.97. The van der Waals surface area contributed by atoms with E-state index in [2.05, 4.69) is 147 Å². The number of hydrogen-bond acceptors (Lipinski definition) is 1. The van der Waals surface area contributed by atoms with Crippen LogP contribution in [0.15, 0.2) is 168 Å². The fraction of sp³-hybridized carbons (Fsp3) is 0.167. The summed E-state index contributed by atoms with van der Waals surface area (Å²) in [7, 11) is 0. The first kappa shape index (κ1) is 24.6. The number of anilines is 1. The van der Waals surface area contributed by atoms with E-state index in [9.17, 15) is 0 Å². The van der Waals surface area contributed by atoms with Gasteiger partial charge in [-0.15, -0.1) is 0 Å². The second-order valence-corrected chi connectivity index (χ2v) is 10.1. The van der Waals surface area contributed by atoms with Crippen LogP contribution in [0, 0.1) is 18.3 Å². The quantitative estimate of drug-likeness (QED) is 0.416. The number of hydrogen-bond donors (Lipinski definition) is 0. The smallest absolute Gasteiger partial charge is 0.0526 e. The molecule has 1 nitrogen and oxygen atoms in total. The molecule has 0 aromatic heterocycles. The summed E-state index contributed by atoms with van der Waals surface area (Å²) in [6.07, 6.45) is 37.0. The van der Waals surface area contributed by atoms with Crippen molar-refractivity contribution in [3.05, 3.63) is 174 Å². The lowest BCUT2D eigenvalue weighted by Gasteiger charge is -2.44. The van der Waals surface area contributed by atoms with Crippen molar-refractivity contribution in [1.29, 1.82) is 0 Å². The molecule has 4 aliphatic rings. The van der Waals surface area contributed by atoms with Gasteiger partial charge in [-0.25, -0.2) is 0 Å². The molecule has 0 fully saturated rings. The summed E-state index contributed by atoms with van der Waals surface area (Å²) in [6, 6.07) is 8.69. The lowest BCUT2D eigenvalue weighted by Crippen LogP contribution is -2.36. The predicted octanol–water partition coefficient (Wildman–Crippen LogP) is 9.33. The Morgan fingerprint density at radius 1 is 0.865 bits per heavy atom. The highest BCUT2D eigenvalue weighted by atomic mass is 15.1. The normalized spacial score (nSPS) is 30.6. The molecule has 0 spiro atoms. The molecule has 0 N–H and O–H groups in total. The van der Waals surface area contributed by atoms with Gasteiger partial charge < -0.3 is 4.90 Å². The number of nitrogens with zero attached hydrogens (tertiary/aromatic N) is 1. The van der Waals surface area contributed by atoms with Gasteiger partial charge in [0.1, 0.15) is 0 Å². The molecule has 1 heteroatoms. The maximum absolute atomic E-state index is 4.75. The molecule has 0 bridgehead atoms. The zero-order chi connectivity index (χ0) is 25.8. The Labute approximate surface area is 222 Å². The van der Waals surface area contributed by atoms with E-state index >= 15 is 0 Å². The van der Waals surface area contributed by atoms with Gasteiger partial charge in [-0.05, 0) is 78.3 Å². The van der Waals surface area contributed by atoms with Crippen molar-refractivity contribution in [3.63, 3.8) is 0 Å². The first-order chi connectivity index (χ1) is 18.0. The molecule has 3 aliphatic carbocycles. The molecular weight excluding hydrogens is 446 g/mol. The van der Waals surface area contributed by atoms with E-state index in [1.807, 2.05) is 0 Å². The Balaban J connectivity index is 1.89. The van der Waals surface area contributed by atoms with Crippen LogP contribution in [0.5, 0.6) is 0 Å². The van der Waals surface area contributed by atoms with Gasteiger partial charge in [0.15, 0.2) is 0 Å². The van der Waals surface area contributed by atoms with Crippen molar-refractivity contribution in [2.45, 2.75) is 26.7 Å². The Hall–Kier alpha value is -4.10. The number of aryl methyl sites for hydroxylation is 1. The van der Waals surface area contributed by atoms with Crippen molar-refractivity contribution < 1.29 is 0 Å². The number of allylic oxidation sites excluding steroid dienone is 20. The SMILES string of the molecule is C=C1/C=C\C=C/N(c2cccc(C)c2)/C=C2\C(=C\1C)C/C=C\C=C/C(=C)C2(C1=CC=CC1)C1C=CC=C1. The highest BCUT2D eigenvalue weighted by molar-refractivity contribution is 5.65. The van der Waals surface area contributed by atoms with Crippen molar-refractivity contribution in [3.8, 4) is 0 Å². The van der Waals surface area contributed by atoms with Crippen LogP contribution in [-0.4, -0.2) is 0 Å². The highest BCUT2D eigenvalue weighted by Crippen LogP contribution is 2.56. The number of benzene rings is 1. The fourth-order valence-electron chi connectivity index (χ4n) is 5.83. The van der Waals surface area contributed by atoms with Crippen LogP contribution in [-0.2, 0) is 0 Å². The predicted molar refractivity (Wildman–Crippen MR) is 160 cm³/mol. The molecule has 0 amide bonds. The molecule has 5 rings (SSSR count). The van der Waals surface area contributed by atoms with Crippen molar-refractivity contribution in [2.24, 2.45) is 11.3 Å². The molecule has 1 heterocycles. The third kappa shape index (κ3) is 4.58. The number of rotatable bonds is 3. The van der Waals surface area contributed by atoms with Crippen LogP contribution >= 0.6 is 0 Å². The van der Waals surface area contributed by atoms with E-state index in [-0.39, 0.29) is 5.92 Å². The Morgan fingerprint density at radius 3 is 2.41 bits per heavy atom. The van der Waals surface area contributed by atoms with Gasteiger partial charge in [-0.2, -0.15) is 0 Å². The van der Waals surface area contributed by atoms with E-state index in [0.29, 0.717) is 0 Å². The Morgan fingerprint density at radius 2 is 1.65 bits per heavy atom. The average Bonchev–Trinajstić information content (AvgIpc) is 3.62. The van der Waals surface area contributed by atoms with E-state index in [4.69, 9.17) is 6.58 Å². The third-order valence-corrected chi connectivity index (χ3v) is 7.81. The van der Waals surface area contributed by atoms with Gasteiger partial charge >= 0.3 is 0 Å². The molecule has 1 aliphatic heterocycles. The molecule has 1 atom stereocenters. The second-order valence-electron chi connectivity index (χ2n) is 10.1. The van der Waals surface area contributed by atoms with Gasteiger partial charge in [0.25, 0.3) is 0 Å². The lowest BCUT2D eigenvalue weighted by molar-refractivity contribution is 0.442. The summed E-state index contributed by atoms with van der Waals surface area (Å²) in [4.78, 5) is 2.27. The van der Waals surface area contributed by atoms with Crippen molar-refractivity contribution in [2.75, 3.05) is 4.90 Å². The van der Waals surface area contributed by atoms with Crippen LogP contribution in [0.2, 0.25) is 0 Å². The standard InChI is InChI=1S/C36H35N/c1-27-15-14-22-33(25-27)37-24-13-12-16-28(2)30(4)34-23-7-5-6-17-29(3)36(35(34)26-37,31-18-8-9-19-31)32-20-10-11-21-32/h5-20,22,24-26,31H,2-3,21,23H2,1,4H3/b7-5-,16-12-,17-6-,24-13-,34-30+,35-26+. The van der Waals surface area contributed by atoms with Gasteiger partial charge in [0.2, 0.25) is 0 Å². The second kappa shape index (κ2) is 10.5. The maximum atomic E-state index is 4.75. The molecular formula is C36H35N. The molecule has 37 heavy (non-hydrogen) atoms. The largest absolute Gasteiger partial charge is 0.324 e. The summed E-state index contributed by atoms with van der Waals surface area (Å²) < 4.78 is 0. The summed E-state index contributed by atoms with van der Waals surface area (Å²) >= 11 is 0. The van der Waals surface area contributed by atoms with E-state index in [1.54, 1.807) is 0 Å². The molecule has 0 saturated heterocycles. The minimum absolute atomic E-state index is 0.151. The van der Waals surface area contributed by atoms with E-state index < -0.39 is 5.41 Å². The molecule has 0 radical (unpaired) electrons. The van der Waals surface area contributed by atoms with Gasteiger partial charge in [-0.1, -0.05) is 110 Å². The topological polar surface area (TPSA) is 3.24 Å². The summed E-state index contributed by atoms with van der Waals surface area (Å²) in [6.45, 7) is 13.6.